The van der Waals surface area contributed by atoms with E-state index in [1.165, 1.54) is 0 Å². The first-order chi connectivity index (χ1) is 8.66. The fraction of sp³-hybridized carbons (Fsp3) is 0.545. The molecular weight excluding hydrogens is 236 g/mol. The summed E-state index contributed by atoms with van der Waals surface area (Å²) in [4.78, 5) is 29.2. The second kappa shape index (κ2) is 5.52. The number of aliphatic carboxylic acids is 1. The molecule has 1 aromatic heterocycles. The summed E-state index contributed by atoms with van der Waals surface area (Å²) < 4.78 is 0. The molecule has 0 spiro atoms. The molecule has 1 aliphatic rings. The van der Waals surface area contributed by atoms with Crippen LogP contribution in [0.5, 0.6) is 0 Å². The third kappa shape index (κ3) is 3.47. The van der Waals surface area contributed by atoms with Crippen molar-refractivity contribution in [2.75, 3.05) is 6.54 Å². The minimum atomic E-state index is -0.971. The van der Waals surface area contributed by atoms with Crippen LogP contribution in [-0.2, 0) is 11.2 Å². The number of carbonyl (C=O) groups excluding carboxylic acids is 1. The van der Waals surface area contributed by atoms with Gasteiger partial charge < -0.3 is 20.7 Å². The molecule has 0 aromatic carbocycles. The van der Waals surface area contributed by atoms with Crippen molar-refractivity contribution in [3.05, 3.63) is 18.2 Å². The van der Waals surface area contributed by atoms with E-state index in [0.717, 1.165) is 18.5 Å². The molecule has 7 heteroatoms. The van der Waals surface area contributed by atoms with Crippen LogP contribution in [0, 0.1) is 5.92 Å². The summed E-state index contributed by atoms with van der Waals surface area (Å²) in [5.41, 5.74) is 0.923. The van der Waals surface area contributed by atoms with Gasteiger partial charge in [0.25, 0.3) is 0 Å². The number of rotatable bonds is 6. The lowest BCUT2D eigenvalue weighted by Crippen LogP contribution is -2.47. The van der Waals surface area contributed by atoms with Gasteiger partial charge in [-0.15, -0.1) is 0 Å². The Bertz CT molecular complexity index is 414. The van der Waals surface area contributed by atoms with E-state index in [9.17, 15) is 9.59 Å². The van der Waals surface area contributed by atoms with E-state index < -0.39 is 18.0 Å². The molecule has 0 saturated heterocycles. The number of aromatic amines is 1. The highest BCUT2D eigenvalue weighted by molar-refractivity contribution is 5.83. The van der Waals surface area contributed by atoms with Gasteiger partial charge in [-0.1, -0.05) is 0 Å². The molecule has 0 radical (unpaired) electrons. The molecular formula is C11H16N4O3. The minimum Gasteiger partial charge on any atom is -0.480 e. The normalized spacial score (nSPS) is 16.0. The standard InChI is InChI=1S/C11H16N4O3/c16-10(17)9(7-1-2-7)15-11(18)13-4-3-8-5-12-6-14-8/h5-7,9H,1-4H2,(H,12,14)(H,16,17)(H2,13,15,18). The molecule has 0 bridgehead atoms. The molecule has 2 amide bonds. The summed E-state index contributed by atoms with van der Waals surface area (Å²) in [6.45, 7) is 0.436. The highest BCUT2D eigenvalue weighted by Crippen LogP contribution is 2.32. The number of imidazole rings is 1. The van der Waals surface area contributed by atoms with Crippen molar-refractivity contribution in [3.63, 3.8) is 0 Å². The summed E-state index contributed by atoms with van der Waals surface area (Å²) >= 11 is 0. The number of carbonyl (C=O) groups is 2. The average Bonchev–Trinajstić information content (AvgIpc) is 3.03. The molecule has 98 valence electrons. The molecule has 1 fully saturated rings. The molecule has 1 saturated carbocycles. The smallest absolute Gasteiger partial charge is 0.326 e. The molecule has 1 heterocycles. The summed E-state index contributed by atoms with van der Waals surface area (Å²) in [5.74, 6) is -0.887. The van der Waals surface area contributed by atoms with Crippen molar-refractivity contribution in [2.45, 2.75) is 25.3 Å². The maximum absolute atomic E-state index is 11.5. The lowest BCUT2D eigenvalue weighted by atomic mass is 10.2. The van der Waals surface area contributed by atoms with Gasteiger partial charge in [-0.05, 0) is 18.8 Å². The molecule has 1 aromatic rings. The lowest BCUT2D eigenvalue weighted by molar-refractivity contribution is -0.139. The largest absolute Gasteiger partial charge is 0.480 e. The Labute approximate surface area is 104 Å². The first-order valence-electron chi connectivity index (χ1n) is 5.91. The third-order valence-corrected chi connectivity index (χ3v) is 2.88. The van der Waals surface area contributed by atoms with E-state index in [1.54, 1.807) is 12.5 Å². The zero-order chi connectivity index (χ0) is 13.0. The van der Waals surface area contributed by atoms with Crippen LogP contribution >= 0.6 is 0 Å². The number of carboxylic acids is 1. The topological polar surface area (TPSA) is 107 Å². The van der Waals surface area contributed by atoms with Crippen molar-refractivity contribution >= 4 is 12.0 Å². The van der Waals surface area contributed by atoms with Crippen LogP contribution in [0.1, 0.15) is 18.5 Å². The Hall–Kier alpha value is -2.05. The highest BCUT2D eigenvalue weighted by atomic mass is 16.4. The van der Waals surface area contributed by atoms with E-state index in [4.69, 9.17) is 5.11 Å². The maximum atomic E-state index is 11.5. The molecule has 0 aliphatic heterocycles. The van der Waals surface area contributed by atoms with Gasteiger partial charge in [0.2, 0.25) is 0 Å². The Balaban J connectivity index is 1.69. The van der Waals surface area contributed by atoms with E-state index in [-0.39, 0.29) is 5.92 Å². The predicted molar refractivity (Wildman–Crippen MR) is 63.0 cm³/mol. The fourth-order valence-corrected chi connectivity index (χ4v) is 1.74. The van der Waals surface area contributed by atoms with Gasteiger partial charge in [0.05, 0.1) is 6.33 Å². The Morgan fingerprint density at radius 3 is 2.89 bits per heavy atom. The lowest BCUT2D eigenvalue weighted by Gasteiger charge is -2.14. The van der Waals surface area contributed by atoms with Crippen LogP contribution in [0.25, 0.3) is 0 Å². The van der Waals surface area contributed by atoms with E-state index in [2.05, 4.69) is 20.6 Å². The van der Waals surface area contributed by atoms with Crippen LogP contribution < -0.4 is 10.6 Å². The predicted octanol–water partition coefficient (Wildman–Crippen LogP) is 0.115. The number of aromatic nitrogens is 2. The molecule has 1 unspecified atom stereocenters. The fourth-order valence-electron chi connectivity index (χ4n) is 1.74. The second-order valence-corrected chi connectivity index (χ2v) is 4.38. The van der Waals surface area contributed by atoms with Gasteiger partial charge in [0.15, 0.2) is 0 Å². The van der Waals surface area contributed by atoms with Crippen LogP contribution in [0.15, 0.2) is 12.5 Å². The number of amides is 2. The SMILES string of the molecule is O=C(NCCc1cnc[nH]1)NC(C(=O)O)C1CC1. The Morgan fingerprint density at radius 2 is 2.33 bits per heavy atom. The molecule has 1 aliphatic carbocycles. The van der Waals surface area contributed by atoms with Crippen molar-refractivity contribution in [1.29, 1.82) is 0 Å². The van der Waals surface area contributed by atoms with Gasteiger partial charge in [-0.25, -0.2) is 14.6 Å². The van der Waals surface area contributed by atoms with Crippen molar-refractivity contribution < 1.29 is 14.7 Å². The summed E-state index contributed by atoms with van der Waals surface area (Å²) in [5, 5.41) is 14.1. The van der Waals surface area contributed by atoms with Gasteiger partial charge in [-0.3, -0.25) is 0 Å². The van der Waals surface area contributed by atoms with E-state index >= 15 is 0 Å². The van der Waals surface area contributed by atoms with E-state index in [0.29, 0.717) is 13.0 Å². The van der Waals surface area contributed by atoms with Gasteiger partial charge in [0.1, 0.15) is 6.04 Å². The zero-order valence-corrected chi connectivity index (χ0v) is 9.85. The number of carboxylic acid groups (broad SMARTS) is 1. The van der Waals surface area contributed by atoms with Crippen LogP contribution in [-0.4, -0.2) is 39.7 Å². The third-order valence-electron chi connectivity index (χ3n) is 2.88. The average molecular weight is 252 g/mol. The van der Waals surface area contributed by atoms with E-state index in [1.807, 2.05) is 0 Å². The monoisotopic (exact) mass is 252 g/mol. The van der Waals surface area contributed by atoms with Crippen LogP contribution in [0.4, 0.5) is 4.79 Å². The van der Waals surface area contributed by atoms with Crippen molar-refractivity contribution in [2.24, 2.45) is 5.92 Å². The molecule has 2 rings (SSSR count). The van der Waals surface area contributed by atoms with Crippen LogP contribution in [0.2, 0.25) is 0 Å². The Morgan fingerprint density at radius 1 is 1.56 bits per heavy atom. The van der Waals surface area contributed by atoms with Crippen molar-refractivity contribution in [3.8, 4) is 0 Å². The number of nitrogens with one attached hydrogen (secondary N) is 3. The number of H-pyrrole nitrogens is 1. The van der Waals surface area contributed by atoms with Gasteiger partial charge in [-0.2, -0.15) is 0 Å². The second-order valence-electron chi connectivity index (χ2n) is 4.38. The van der Waals surface area contributed by atoms with Crippen molar-refractivity contribution in [1.82, 2.24) is 20.6 Å². The molecule has 7 nitrogen and oxygen atoms in total. The van der Waals surface area contributed by atoms with Crippen LogP contribution in [0.3, 0.4) is 0 Å². The number of hydrogen-bond donors (Lipinski definition) is 4. The molecule has 18 heavy (non-hydrogen) atoms. The van der Waals surface area contributed by atoms with Gasteiger partial charge >= 0.3 is 12.0 Å². The zero-order valence-electron chi connectivity index (χ0n) is 9.85. The first kappa shape index (κ1) is 12.4. The molecule has 1 atom stereocenters. The number of nitrogens with zero attached hydrogens (tertiary/aromatic N) is 1. The highest BCUT2D eigenvalue weighted by Gasteiger charge is 2.37. The molecule has 4 N–H and O–H groups in total. The number of hydrogen-bond acceptors (Lipinski definition) is 3. The Kier molecular flexibility index (Phi) is 3.81. The first-order valence-corrected chi connectivity index (χ1v) is 5.91. The van der Waals surface area contributed by atoms with Gasteiger partial charge in [0, 0.05) is 24.9 Å². The maximum Gasteiger partial charge on any atom is 0.326 e. The summed E-state index contributed by atoms with van der Waals surface area (Å²) in [6.07, 6.45) is 5.62. The number of urea groups is 1. The summed E-state index contributed by atoms with van der Waals surface area (Å²) in [7, 11) is 0. The minimum absolute atomic E-state index is 0.0841. The quantitative estimate of drug-likeness (QED) is 0.576. The summed E-state index contributed by atoms with van der Waals surface area (Å²) in [6, 6.07) is -1.20.